The van der Waals surface area contributed by atoms with Crippen molar-refractivity contribution in [1.82, 2.24) is 15.3 Å². The third-order valence-electron chi connectivity index (χ3n) is 4.66. The van der Waals surface area contributed by atoms with Crippen molar-refractivity contribution in [3.8, 4) is 0 Å². The molecule has 3 rings (SSSR count). The fourth-order valence-electron chi connectivity index (χ4n) is 3.30. The number of hydrogen-bond donors (Lipinski definition) is 2. The molecule has 1 aromatic heterocycles. The molecule has 0 saturated carbocycles. The number of morpholine rings is 1. The van der Waals surface area contributed by atoms with Crippen LogP contribution in [0.4, 0.5) is 11.6 Å². The molecule has 0 radical (unpaired) electrons. The largest absolute Gasteiger partial charge is 0.372 e. The molecule has 152 valence electrons. The average molecular weight is 386 g/mol. The Balaban J connectivity index is 1.78. The van der Waals surface area contributed by atoms with Gasteiger partial charge in [0.1, 0.15) is 0 Å². The topological polar surface area (TPSA) is 79.4 Å². The molecule has 2 unspecified atom stereocenters. The number of nitrogens with one attached hydrogen (secondary N) is 2. The zero-order chi connectivity index (χ0) is 20.3. The van der Waals surface area contributed by atoms with Crippen molar-refractivity contribution >= 4 is 28.6 Å². The van der Waals surface area contributed by atoms with Gasteiger partial charge in [-0.3, -0.25) is 4.79 Å². The molecule has 1 fully saturated rings. The zero-order valence-electron chi connectivity index (χ0n) is 17.5. The van der Waals surface area contributed by atoms with Crippen LogP contribution in [0.25, 0.3) is 11.0 Å². The highest BCUT2D eigenvalue weighted by molar-refractivity contribution is 5.82. The molecule has 7 nitrogen and oxygen atoms in total. The van der Waals surface area contributed by atoms with E-state index in [0.717, 1.165) is 35.8 Å². The van der Waals surface area contributed by atoms with E-state index in [1.807, 2.05) is 45.0 Å². The van der Waals surface area contributed by atoms with Crippen molar-refractivity contribution in [2.75, 3.05) is 36.4 Å². The van der Waals surface area contributed by atoms with Crippen molar-refractivity contribution in [2.45, 2.75) is 46.8 Å². The Bertz CT molecular complexity index is 823. The SMILES string of the molecule is CC1CN(c2nc3ccccc3nc2NCCNC(=O)C(C)(C)C)CC(C)O1. The number of amides is 1. The second-order valence-corrected chi connectivity index (χ2v) is 8.48. The Morgan fingerprint density at radius 1 is 1.11 bits per heavy atom. The number of ether oxygens (including phenoxy) is 1. The molecule has 0 bridgehead atoms. The van der Waals surface area contributed by atoms with E-state index in [1.165, 1.54) is 0 Å². The van der Waals surface area contributed by atoms with Crippen LogP contribution in [0.2, 0.25) is 0 Å². The van der Waals surface area contributed by atoms with Crippen LogP contribution in [-0.4, -0.2) is 54.3 Å². The third-order valence-corrected chi connectivity index (χ3v) is 4.66. The second kappa shape index (κ2) is 8.31. The van der Waals surface area contributed by atoms with Gasteiger partial charge >= 0.3 is 0 Å². The third kappa shape index (κ3) is 4.90. The molecule has 1 aliphatic rings. The Kier molecular flexibility index (Phi) is 6.03. The van der Waals surface area contributed by atoms with Gasteiger partial charge in [-0.25, -0.2) is 9.97 Å². The number of hydrogen-bond acceptors (Lipinski definition) is 6. The fraction of sp³-hybridized carbons (Fsp3) is 0.571. The zero-order valence-corrected chi connectivity index (χ0v) is 17.5. The van der Waals surface area contributed by atoms with Gasteiger partial charge in [0.15, 0.2) is 11.6 Å². The molecule has 1 aromatic carbocycles. The first kappa shape index (κ1) is 20.3. The molecule has 1 saturated heterocycles. The summed E-state index contributed by atoms with van der Waals surface area (Å²) in [4.78, 5) is 24.0. The minimum Gasteiger partial charge on any atom is -0.372 e. The van der Waals surface area contributed by atoms with E-state index in [0.29, 0.717) is 13.1 Å². The summed E-state index contributed by atoms with van der Waals surface area (Å²) in [6.45, 7) is 12.5. The maximum atomic E-state index is 12.0. The summed E-state index contributed by atoms with van der Waals surface area (Å²) in [7, 11) is 0. The van der Waals surface area contributed by atoms with Gasteiger partial charge in [0.05, 0.1) is 23.2 Å². The first-order valence-electron chi connectivity index (χ1n) is 9.93. The Morgan fingerprint density at radius 2 is 1.71 bits per heavy atom. The molecule has 7 heteroatoms. The number of aromatic nitrogens is 2. The summed E-state index contributed by atoms with van der Waals surface area (Å²) < 4.78 is 5.86. The lowest BCUT2D eigenvalue weighted by Crippen LogP contribution is -2.46. The first-order valence-corrected chi connectivity index (χ1v) is 9.93. The van der Waals surface area contributed by atoms with Crippen LogP contribution in [0.3, 0.4) is 0 Å². The van der Waals surface area contributed by atoms with E-state index in [4.69, 9.17) is 14.7 Å². The molecule has 2 heterocycles. The molecule has 0 aliphatic carbocycles. The Labute approximate surface area is 166 Å². The molecule has 0 spiro atoms. The number of carbonyl (C=O) groups is 1. The predicted molar refractivity (Wildman–Crippen MR) is 113 cm³/mol. The van der Waals surface area contributed by atoms with Crippen LogP contribution in [0.1, 0.15) is 34.6 Å². The monoisotopic (exact) mass is 385 g/mol. The summed E-state index contributed by atoms with van der Waals surface area (Å²) in [5.74, 6) is 1.61. The maximum Gasteiger partial charge on any atom is 0.225 e. The lowest BCUT2D eigenvalue weighted by molar-refractivity contribution is -0.128. The summed E-state index contributed by atoms with van der Waals surface area (Å²) >= 11 is 0. The fourth-order valence-corrected chi connectivity index (χ4v) is 3.30. The Hall–Kier alpha value is -2.41. The molecule has 2 atom stereocenters. The number of nitrogens with zero attached hydrogens (tertiary/aromatic N) is 3. The maximum absolute atomic E-state index is 12.0. The van der Waals surface area contributed by atoms with Crippen molar-refractivity contribution in [1.29, 1.82) is 0 Å². The second-order valence-electron chi connectivity index (χ2n) is 8.48. The summed E-state index contributed by atoms with van der Waals surface area (Å²) in [5.41, 5.74) is 1.33. The summed E-state index contributed by atoms with van der Waals surface area (Å²) in [6, 6.07) is 7.87. The molecule has 1 amide bonds. The summed E-state index contributed by atoms with van der Waals surface area (Å²) in [6.07, 6.45) is 0.270. The van der Waals surface area contributed by atoms with E-state index in [-0.39, 0.29) is 18.1 Å². The lowest BCUT2D eigenvalue weighted by atomic mass is 9.96. The van der Waals surface area contributed by atoms with E-state index >= 15 is 0 Å². The van der Waals surface area contributed by atoms with E-state index in [9.17, 15) is 4.79 Å². The van der Waals surface area contributed by atoms with Crippen molar-refractivity contribution < 1.29 is 9.53 Å². The standard InChI is InChI=1S/C21H31N5O2/c1-14-12-26(13-15(2)28-14)19-18(22-10-11-23-20(27)21(3,4)5)24-16-8-6-7-9-17(16)25-19/h6-9,14-15H,10-13H2,1-5H3,(H,22,24)(H,23,27). The van der Waals surface area contributed by atoms with Crippen LogP contribution >= 0.6 is 0 Å². The molecule has 2 aromatic rings. The normalized spacial score (nSPS) is 20.2. The van der Waals surface area contributed by atoms with Gasteiger partial charge in [-0.2, -0.15) is 0 Å². The smallest absolute Gasteiger partial charge is 0.225 e. The molecule has 2 N–H and O–H groups in total. The van der Waals surface area contributed by atoms with Gasteiger partial charge in [0.25, 0.3) is 0 Å². The van der Waals surface area contributed by atoms with Crippen LogP contribution in [-0.2, 0) is 9.53 Å². The number of para-hydroxylation sites is 2. The van der Waals surface area contributed by atoms with Gasteiger partial charge < -0.3 is 20.3 Å². The molecule has 1 aliphatic heterocycles. The van der Waals surface area contributed by atoms with E-state index < -0.39 is 5.41 Å². The van der Waals surface area contributed by atoms with Crippen molar-refractivity contribution in [2.24, 2.45) is 5.41 Å². The van der Waals surface area contributed by atoms with Crippen LogP contribution in [0.15, 0.2) is 24.3 Å². The quantitative estimate of drug-likeness (QED) is 0.771. The molecular formula is C21H31N5O2. The number of fused-ring (bicyclic) bond motifs is 1. The van der Waals surface area contributed by atoms with Crippen molar-refractivity contribution in [3.05, 3.63) is 24.3 Å². The predicted octanol–water partition coefficient (Wildman–Crippen LogP) is 2.82. The summed E-state index contributed by atoms with van der Waals surface area (Å²) in [5, 5.41) is 6.33. The van der Waals surface area contributed by atoms with E-state index in [1.54, 1.807) is 0 Å². The van der Waals surface area contributed by atoms with Crippen LogP contribution in [0.5, 0.6) is 0 Å². The number of benzene rings is 1. The van der Waals surface area contributed by atoms with Crippen LogP contribution < -0.4 is 15.5 Å². The highest BCUT2D eigenvalue weighted by atomic mass is 16.5. The molecular weight excluding hydrogens is 354 g/mol. The first-order chi connectivity index (χ1) is 13.2. The van der Waals surface area contributed by atoms with Crippen LogP contribution in [0, 0.1) is 5.41 Å². The highest BCUT2D eigenvalue weighted by Crippen LogP contribution is 2.27. The lowest BCUT2D eigenvalue weighted by Gasteiger charge is -2.36. The minimum absolute atomic E-state index is 0.0370. The van der Waals surface area contributed by atoms with Gasteiger partial charge in [0, 0.05) is 31.6 Å². The minimum atomic E-state index is -0.395. The number of carbonyl (C=O) groups excluding carboxylic acids is 1. The average Bonchev–Trinajstić information content (AvgIpc) is 2.62. The number of anilines is 2. The Morgan fingerprint density at radius 3 is 2.32 bits per heavy atom. The van der Waals surface area contributed by atoms with Gasteiger partial charge in [-0.1, -0.05) is 32.9 Å². The van der Waals surface area contributed by atoms with Crippen molar-refractivity contribution in [3.63, 3.8) is 0 Å². The van der Waals surface area contributed by atoms with Gasteiger partial charge in [-0.15, -0.1) is 0 Å². The molecule has 28 heavy (non-hydrogen) atoms. The van der Waals surface area contributed by atoms with E-state index in [2.05, 4.69) is 29.4 Å². The van der Waals surface area contributed by atoms with Gasteiger partial charge in [0.2, 0.25) is 5.91 Å². The van der Waals surface area contributed by atoms with Gasteiger partial charge in [-0.05, 0) is 26.0 Å². The number of rotatable bonds is 5. The highest BCUT2D eigenvalue weighted by Gasteiger charge is 2.26.